The number of nitriles is 1. The largest absolute Gasteiger partial charge is 0.192 e. The molecule has 0 saturated carbocycles. The second kappa shape index (κ2) is 3.41. The van der Waals surface area contributed by atoms with Crippen molar-refractivity contribution in [3.63, 3.8) is 0 Å². The molecule has 1 unspecified atom stereocenters. The molecule has 0 heterocycles. The standard InChI is InChI=1S/C9H8ClN/c1-7(10)9-4-2-3-8(5-9)6-11/h2-5,7H,1H3. The molecule has 0 N–H and O–H groups in total. The Labute approximate surface area is 71.2 Å². The summed E-state index contributed by atoms with van der Waals surface area (Å²) in [6, 6.07) is 9.39. The summed E-state index contributed by atoms with van der Waals surface area (Å²) in [6.45, 7) is 1.89. The van der Waals surface area contributed by atoms with Gasteiger partial charge in [-0.3, -0.25) is 0 Å². The number of hydrogen-bond donors (Lipinski definition) is 0. The molecule has 1 rings (SSSR count). The molecule has 0 aromatic heterocycles. The lowest BCUT2D eigenvalue weighted by Crippen LogP contribution is -1.84. The van der Waals surface area contributed by atoms with E-state index in [0.717, 1.165) is 5.56 Å². The summed E-state index contributed by atoms with van der Waals surface area (Å²) in [4.78, 5) is 0. The maximum absolute atomic E-state index is 8.55. The van der Waals surface area contributed by atoms with Gasteiger partial charge in [-0.2, -0.15) is 5.26 Å². The zero-order valence-corrected chi connectivity index (χ0v) is 6.97. The van der Waals surface area contributed by atoms with Crippen LogP contribution in [0.3, 0.4) is 0 Å². The van der Waals surface area contributed by atoms with Gasteiger partial charge in [0.15, 0.2) is 0 Å². The monoisotopic (exact) mass is 165 g/mol. The third-order valence-electron chi connectivity index (χ3n) is 1.48. The number of nitrogens with zero attached hydrogens (tertiary/aromatic N) is 1. The predicted octanol–water partition coefficient (Wildman–Crippen LogP) is 2.86. The lowest BCUT2D eigenvalue weighted by molar-refractivity contribution is 1.08. The molecule has 0 radical (unpaired) electrons. The highest BCUT2D eigenvalue weighted by molar-refractivity contribution is 6.20. The summed E-state index contributed by atoms with van der Waals surface area (Å²) >= 11 is 5.82. The molecule has 1 aromatic carbocycles. The maximum atomic E-state index is 8.55. The van der Waals surface area contributed by atoms with E-state index >= 15 is 0 Å². The average molecular weight is 166 g/mol. The van der Waals surface area contributed by atoms with E-state index in [4.69, 9.17) is 16.9 Å². The molecule has 56 valence electrons. The van der Waals surface area contributed by atoms with Gasteiger partial charge in [0, 0.05) is 0 Å². The van der Waals surface area contributed by atoms with E-state index in [2.05, 4.69) is 6.07 Å². The van der Waals surface area contributed by atoms with Crippen LogP contribution >= 0.6 is 11.6 Å². The molecule has 1 aromatic rings. The van der Waals surface area contributed by atoms with Gasteiger partial charge < -0.3 is 0 Å². The van der Waals surface area contributed by atoms with Gasteiger partial charge in [0.05, 0.1) is 17.0 Å². The van der Waals surface area contributed by atoms with Gasteiger partial charge in [0.2, 0.25) is 0 Å². The van der Waals surface area contributed by atoms with Crippen LogP contribution in [-0.4, -0.2) is 0 Å². The van der Waals surface area contributed by atoms with Gasteiger partial charge >= 0.3 is 0 Å². The van der Waals surface area contributed by atoms with Crippen molar-refractivity contribution in [3.05, 3.63) is 35.4 Å². The Balaban J connectivity index is 3.03. The highest BCUT2D eigenvalue weighted by Crippen LogP contribution is 2.19. The molecule has 0 amide bonds. The van der Waals surface area contributed by atoms with Gasteiger partial charge in [0.1, 0.15) is 0 Å². The molecule has 0 fully saturated rings. The molecular weight excluding hydrogens is 158 g/mol. The Morgan fingerprint density at radius 1 is 1.55 bits per heavy atom. The maximum Gasteiger partial charge on any atom is 0.0991 e. The molecule has 0 saturated heterocycles. The van der Waals surface area contributed by atoms with Crippen molar-refractivity contribution < 1.29 is 0 Å². The lowest BCUT2D eigenvalue weighted by Gasteiger charge is -2.01. The molecular formula is C9H8ClN. The second-order valence-electron chi connectivity index (χ2n) is 2.35. The Morgan fingerprint density at radius 3 is 2.82 bits per heavy atom. The van der Waals surface area contributed by atoms with Crippen LogP contribution < -0.4 is 0 Å². The van der Waals surface area contributed by atoms with Crippen LogP contribution in [0.4, 0.5) is 0 Å². The zero-order valence-electron chi connectivity index (χ0n) is 6.21. The summed E-state index contributed by atoms with van der Waals surface area (Å²) < 4.78 is 0. The van der Waals surface area contributed by atoms with Crippen molar-refractivity contribution in [2.75, 3.05) is 0 Å². The van der Waals surface area contributed by atoms with Gasteiger partial charge in [-0.25, -0.2) is 0 Å². The highest BCUT2D eigenvalue weighted by Gasteiger charge is 2.00. The first-order valence-corrected chi connectivity index (χ1v) is 3.82. The highest BCUT2D eigenvalue weighted by atomic mass is 35.5. The fourth-order valence-corrected chi connectivity index (χ4v) is 0.991. The van der Waals surface area contributed by atoms with E-state index in [1.54, 1.807) is 12.1 Å². The van der Waals surface area contributed by atoms with Crippen LogP contribution in [0.25, 0.3) is 0 Å². The third-order valence-corrected chi connectivity index (χ3v) is 1.73. The van der Waals surface area contributed by atoms with Crippen LogP contribution in [0.5, 0.6) is 0 Å². The minimum atomic E-state index is -0.0247. The molecule has 0 bridgehead atoms. The molecule has 0 aliphatic heterocycles. The van der Waals surface area contributed by atoms with E-state index in [-0.39, 0.29) is 5.38 Å². The first-order chi connectivity index (χ1) is 5.24. The summed E-state index contributed by atoms with van der Waals surface area (Å²) in [5.74, 6) is 0. The smallest absolute Gasteiger partial charge is 0.0991 e. The Hall–Kier alpha value is -1.00. The fraction of sp³-hybridized carbons (Fsp3) is 0.222. The average Bonchev–Trinajstić information content (AvgIpc) is 2.05. The molecule has 1 nitrogen and oxygen atoms in total. The third kappa shape index (κ3) is 1.96. The number of benzene rings is 1. The van der Waals surface area contributed by atoms with Gasteiger partial charge in [-0.15, -0.1) is 11.6 Å². The summed E-state index contributed by atoms with van der Waals surface area (Å²) in [5.41, 5.74) is 1.65. The molecule has 0 aliphatic carbocycles. The van der Waals surface area contributed by atoms with Gasteiger partial charge in [0.25, 0.3) is 0 Å². The Morgan fingerprint density at radius 2 is 2.27 bits per heavy atom. The number of alkyl halides is 1. The molecule has 1 atom stereocenters. The fourth-order valence-electron chi connectivity index (χ4n) is 0.856. The van der Waals surface area contributed by atoms with Crippen molar-refractivity contribution in [2.24, 2.45) is 0 Å². The van der Waals surface area contributed by atoms with E-state index in [0.29, 0.717) is 5.56 Å². The quantitative estimate of drug-likeness (QED) is 0.587. The first kappa shape index (κ1) is 8.10. The first-order valence-electron chi connectivity index (χ1n) is 3.38. The van der Waals surface area contributed by atoms with Crippen LogP contribution in [0.15, 0.2) is 24.3 Å². The van der Waals surface area contributed by atoms with Crippen LogP contribution in [0.2, 0.25) is 0 Å². The Kier molecular flexibility index (Phi) is 2.51. The normalized spacial score (nSPS) is 12.1. The van der Waals surface area contributed by atoms with Crippen molar-refractivity contribution in [1.82, 2.24) is 0 Å². The van der Waals surface area contributed by atoms with Crippen molar-refractivity contribution >= 4 is 11.6 Å². The minimum absolute atomic E-state index is 0.0247. The summed E-state index contributed by atoms with van der Waals surface area (Å²) in [5, 5.41) is 8.53. The van der Waals surface area contributed by atoms with E-state index in [1.807, 2.05) is 19.1 Å². The van der Waals surface area contributed by atoms with Crippen LogP contribution in [0.1, 0.15) is 23.4 Å². The van der Waals surface area contributed by atoms with E-state index in [1.165, 1.54) is 0 Å². The Bertz CT molecular complexity index is 286. The van der Waals surface area contributed by atoms with E-state index in [9.17, 15) is 0 Å². The number of hydrogen-bond acceptors (Lipinski definition) is 1. The van der Waals surface area contributed by atoms with Gasteiger partial charge in [-0.1, -0.05) is 12.1 Å². The van der Waals surface area contributed by atoms with Crippen LogP contribution in [0, 0.1) is 11.3 Å². The predicted molar refractivity (Wildman–Crippen MR) is 45.4 cm³/mol. The van der Waals surface area contributed by atoms with E-state index < -0.39 is 0 Å². The van der Waals surface area contributed by atoms with Crippen molar-refractivity contribution in [1.29, 1.82) is 5.26 Å². The lowest BCUT2D eigenvalue weighted by atomic mass is 10.1. The zero-order chi connectivity index (χ0) is 8.27. The molecule has 2 heteroatoms. The van der Waals surface area contributed by atoms with Crippen molar-refractivity contribution in [3.8, 4) is 6.07 Å². The topological polar surface area (TPSA) is 23.8 Å². The second-order valence-corrected chi connectivity index (χ2v) is 3.01. The minimum Gasteiger partial charge on any atom is -0.192 e. The summed E-state index contributed by atoms with van der Waals surface area (Å²) in [6.07, 6.45) is 0. The van der Waals surface area contributed by atoms with Crippen LogP contribution in [-0.2, 0) is 0 Å². The number of rotatable bonds is 1. The SMILES string of the molecule is CC(Cl)c1cccc(C#N)c1. The number of halogens is 1. The molecule has 0 aliphatic rings. The molecule has 0 spiro atoms. The summed E-state index contributed by atoms with van der Waals surface area (Å²) in [7, 11) is 0. The molecule has 11 heavy (non-hydrogen) atoms. The van der Waals surface area contributed by atoms with Gasteiger partial charge in [-0.05, 0) is 24.6 Å². The van der Waals surface area contributed by atoms with Crippen molar-refractivity contribution in [2.45, 2.75) is 12.3 Å².